The van der Waals surface area contributed by atoms with Gasteiger partial charge in [0.2, 0.25) is 0 Å². The third-order valence-corrected chi connectivity index (χ3v) is 5.17. The maximum absolute atomic E-state index is 13.0. The second kappa shape index (κ2) is 8.47. The van der Waals surface area contributed by atoms with Gasteiger partial charge in [0.15, 0.2) is 5.78 Å². The van der Waals surface area contributed by atoms with Gasteiger partial charge in [-0.15, -0.1) is 0 Å². The van der Waals surface area contributed by atoms with Crippen LogP contribution in [0.4, 0.5) is 0 Å². The van der Waals surface area contributed by atoms with Crippen molar-refractivity contribution in [3.63, 3.8) is 0 Å². The highest BCUT2D eigenvalue weighted by atomic mass is 79.9. The van der Waals surface area contributed by atoms with Crippen LogP contribution in [0.1, 0.15) is 29.8 Å². The molecule has 1 aromatic carbocycles. The summed E-state index contributed by atoms with van der Waals surface area (Å²) in [5, 5.41) is 0. The molecule has 0 aromatic heterocycles. The number of ether oxygens (including phenoxy) is 3. The van der Waals surface area contributed by atoms with Gasteiger partial charge in [-0.05, 0) is 37.5 Å². The zero-order chi connectivity index (χ0) is 18.6. The van der Waals surface area contributed by atoms with Crippen molar-refractivity contribution in [3.8, 4) is 5.75 Å². The van der Waals surface area contributed by atoms with E-state index < -0.39 is 34.4 Å². The van der Waals surface area contributed by atoms with E-state index in [0.717, 1.165) is 5.56 Å². The number of halogens is 1. The Kier molecular flexibility index (Phi) is 6.58. The quantitative estimate of drug-likeness (QED) is 0.320. The first-order valence-electron chi connectivity index (χ1n) is 8.13. The molecule has 25 heavy (non-hydrogen) atoms. The van der Waals surface area contributed by atoms with E-state index in [-0.39, 0.29) is 19.6 Å². The van der Waals surface area contributed by atoms with Crippen molar-refractivity contribution in [1.29, 1.82) is 0 Å². The Bertz CT molecular complexity index is 672. The number of rotatable bonds is 5. The number of benzene rings is 1. The smallest absolute Gasteiger partial charge is 0.318 e. The molecule has 0 heterocycles. The molecule has 136 valence electrons. The Morgan fingerprint density at radius 3 is 2.40 bits per heavy atom. The van der Waals surface area contributed by atoms with Crippen LogP contribution in [0, 0.1) is 11.8 Å². The van der Waals surface area contributed by atoms with Crippen LogP contribution in [0.25, 0.3) is 0 Å². The van der Waals surface area contributed by atoms with Crippen LogP contribution in [-0.2, 0) is 30.3 Å². The average molecular weight is 413 g/mol. The molecular formula is C18H21BrO6. The molecule has 0 amide bonds. The van der Waals surface area contributed by atoms with Gasteiger partial charge in [-0.1, -0.05) is 28.1 Å². The van der Waals surface area contributed by atoms with Crippen LogP contribution in [-0.4, -0.2) is 38.0 Å². The predicted octanol–water partition coefficient (Wildman–Crippen LogP) is 2.62. The number of alkyl halides is 1. The van der Waals surface area contributed by atoms with E-state index in [4.69, 9.17) is 14.2 Å². The maximum Gasteiger partial charge on any atom is 0.318 e. The number of carbonyl (C=O) groups is 3. The van der Waals surface area contributed by atoms with Crippen LogP contribution >= 0.6 is 15.9 Å². The summed E-state index contributed by atoms with van der Waals surface area (Å²) in [4.78, 5) is 37.1. The zero-order valence-corrected chi connectivity index (χ0v) is 16.0. The molecule has 0 aliphatic heterocycles. The van der Waals surface area contributed by atoms with Crippen molar-refractivity contribution < 1.29 is 28.6 Å². The van der Waals surface area contributed by atoms with Gasteiger partial charge in [-0.25, -0.2) is 0 Å². The number of hydrogen-bond donors (Lipinski definition) is 0. The lowest BCUT2D eigenvalue weighted by Crippen LogP contribution is -2.37. The molecular weight excluding hydrogens is 392 g/mol. The van der Waals surface area contributed by atoms with Crippen molar-refractivity contribution in [3.05, 3.63) is 29.3 Å². The van der Waals surface area contributed by atoms with Gasteiger partial charge in [-0.2, -0.15) is 0 Å². The van der Waals surface area contributed by atoms with E-state index in [9.17, 15) is 14.4 Å². The third-order valence-electron chi connectivity index (χ3n) is 4.15. The number of ketones is 1. The number of esters is 2. The number of hydrogen-bond acceptors (Lipinski definition) is 6. The summed E-state index contributed by atoms with van der Waals surface area (Å²) in [5.74, 6) is -3.43. The monoisotopic (exact) mass is 412 g/mol. The van der Waals surface area contributed by atoms with Gasteiger partial charge in [0.25, 0.3) is 0 Å². The Labute approximate surface area is 154 Å². The fraction of sp³-hybridized carbons (Fsp3) is 0.500. The highest BCUT2D eigenvalue weighted by molar-refractivity contribution is 9.09. The van der Waals surface area contributed by atoms with Crippen LogP contribution < -0.4 is 4.74 Å². The van der Waals surface area contributed by atoms with E-state index in [1.807, 2.05) is 6.07 Å². The fourth-order valence-corrected chi connectivity index (χ4v) is 3.91. The molecule has 0 N–H and O–H groups in total. The molecule has 0 saturated carbocycles. The van der Waals surface area contributed by atoms with E-state index >= 15 is 0 Å². The van der Waals surface area contributed by atoms with Crippen molar-refractivity contribution >= 4 is 33.7 Å². The van der Waals surface area contributed by atoms with Crippen molar-refractivity contribution in [2.24, 2.45) is 11.8 Å². The first-order valence-corrected chi connectivity index (χ1v) is 9.04. The maximum atomic E-state index is 13.0. The molecule has 2 rings (SSSR count). The third kappa shape index (κ3) is 3.86. The van der Waals surface area contributed by atoms with Crippen molar-refractivity contribution in [1.82, 2.24) is 0 Å². The second-order valence-corrected chi connectivity index (χ2v) is 6.56. The molecule has 0 spiro atoms. The van der Waals surface area contributed by atoms with E-state index in [1.165, 1.54) is 7.11 Å². The van der Waals surface area contributed by atoms with E-state index in [2.05, 4.69) is 15.9 Å². The lowest BCUT2D eigenvalue weighted by atomic mass is 9.90. The molecule has 0 bridgehead atoms. The fourth-order valence-electron chi connectivity index (χ4n) is 3.01. The summed E-state index contributed by atoms with van der Waals surface area (Å²) in [6.07, 6.45) is 0.120. The van der Waals surface area contributed by atoms with Crippen LogP contribution in [0.3, 0.4) is 0 Å². The molecule has 0 radical (unpaired) electrons. The summed E-state index contributed by atoms with van der Waals surface area (Å²) in [6, 6.07) is 5.35. The van der Waals surface area contributed by atoms with Crippen molar-refractivity contribution in [2.45, 2.75) is 25.1 Å². The molecule has 6 nitrogen and oxygen atoms in total. The molecule has 1 aliphatic rings. The molecule has 0 fully saturated rings. The normalized spacial score (nSPS) is 22.6. The summed E-state index contributed by atoms with van der Waals surface area (Å²) in [6.45, 7) is 3.65. The Balaban J connectivity index is 2.57. The SMILES string of the molecule is CCOC(=O)C1Cc2c(OC)cccc2C(Br)C(C(=O)OCC)C1=O. The summed E-state index contributed by atoms with van der Waals surface area (Å²) in [7, 11) is 1.52. The Hall–Kier alpha value is -1.89. The molecule has 1 aliphatic carbocycles. The molecule has 1 aromatic rings. The Morgan fingerprint density at radius 1 is 1.16 bits per heavy atom. The molecule has 0 saturated heterocycles. The lowest BCUT2D eigenvalue weighted by Gasteiger charge is -2.20. The van der Waals surface area contributed by atoms with E-state index in [1.54, 1.807) is 26.0 Å². The number of Topliss-reactive ketones (excluding diaryl/α,β-unsaturated/α-hetero) is 1. The highest BCUT2D eigenvalue weighted by Gasteiger charge is 2.46. The van der Waals surface area contributed by atoms with Gasteiger partial charge in [0, 0.05) is 0 Å². The minimum atomic E-state index is -1.12. The largest absolute Gasteiger partial charge is 0.496 e. The van der Waals surface area contributed by atoms with Gasteiger partial charge >= 0.3 is 11.9 Å². The summed E-state index contributed by atoms with van der Waals surface area (Å²) >= 11 is 3.46. The van der Waals surface area contributed by atoms with E-state index in [0.29, 0.717) is 11.3 Å². The molecule has 3 atom stereocenters. The minimum Gasteiger partial charge on any atom is -0.496 e. The standard InChI is InChI=1S/C18H21BrO6/c1-4-24-17(21)12-9-11-10(7-6-8-13(11)23-3)15(19)14(16(12)20)18(22)25-5-2/h6-8,12,14-15H,4-5,9H2,1-3H3. The first kappa shape index (κ1) is 19.4. The van der Waals surface area contributed by atoms with Crippen LogP contribution in [0.15, 0.2) is 18.2 Å². The number of methoxy groups -OCH3 is 1. The minimum absolute atomic E-state index is 0.120. The number of carbonyl (C=O) groups excluding carboxylic acids is 3. The van der Waals surface area contributed by atoms with Gasteiger partial charge < -0.3 is 14.2 Å². The first-order chi connectivity index (χ1) is 12.0. The topological polar surface area (TPSA) is 78.9 Å². The van der Waals surface area contributed by atoms with Gasteiger partial charge in [0.05, 0.1) is 25.2 Å². The predicted molar refractivity (Wildman–Crippen MR) is 93.6 cm³/mol. The number of fused-ring (bicyclic) bond motifs is 1. The van der Waals surface area contributed by atoms with Crippen LogP contribution in [0.5, 0.6) is 5.75 Å². The molecule has 3 unspecified atom stereocenters. The zero-order valence-electron chi connectivity index (χ0n) is 14.4. The summed E-state index contributed by atoms with van der Waals surface area (Å²) < 4.78 is 15.5. The average Bonchev–Trinajstić information content (AvgIpc) is 2.70. The Morgan fingerprint density at radius 2 is 1.80 bits per heavy atom. The highest BCUT2D eigenvalue weighted by Crippen LogP contribution is 2.43. The lowest BCUT2D eigenvalue weighted by molar-refractivity contribution is -0.157. The van der Waals surface area contributed by atoms with Crippen molar-refractivity contribution in [2.75, 3.05) is 20.3 Å². The van der Waals surface area contributed by atoms with Gasteiger partial charge in [-0.3, -0.25) is 14.4 Å². The summed E-state index contributed by atoms with van der Waals surface area (Å²) in [5.41, 5.74) is 1.45. The van der Waals surface area contributed by atoms with Gasteiger partial charge in [0.1, 0.15) is 17.6 Å². The van der Waals surface area contributed by atoms with Crippen LogP contribution in [0.2, 0.25) is 0 Å². The molecule has 7 heteroatoms. The second-order valence-electron chi connectivity index (χ2n) is 5.57.